The van der Waals surface area contributed by atoms with E-state index in [0.29, 0.717) is 23.5 Å². The van der Waals surface area contributed by atoms with E-state index >= 15 is 0 Å². The second-order valence-corrected chi connectivity index (χ2v) is 10.6. The van der Waals surface area contributed by atoms with Crippen LogP contribution in [0.15, 0.2) is 89.4 Å². The van der Waals surface area contributed by atoms with Crippen LogP contribution in [0.4, 0.5) is 0 Å². The highest BCUT2D eigenvalue weighted by Crippen LogP contribution is 2.51. The van der Waals surface area contributed by atoms with E-state index in [4.69, 9.17) is 16.3 Å². The van der Waals surface area contributed by atoms with Crippen molar-refractivity contribution in [2.45, 2.75) is 17.9 Å². The van der Waals surface area contributed by atoms with E-state index in [-0.39, 0.29) is 0 Å². The van der Waals surface area contributed by atoms with Gasteiger partial charge in [0.1, 0.15) is 16.9 Å². The van der Waals surface area contributed by atoms with Crippen molar-refractivity contribution in [3.63, 3.8) is 0 Å². The molecular formula is C29H28Br2ClNO2. The zero-order chi connectivity index (χ0) is 25.0. The van der Waals surface area contributed by atoms with Crippen LogP contribution in [0.1, 0.15) is 29.0 Å². The summed E-state index contributed by atoms with van der Waals surface area (Å²) in [7, 11) is 4.05. The molecule has 35 heavy (non-hydrogen) atoms. The Bertz CT molecular complexity index is 1300. The van der Waals surface area contributed by atoms with Crippen molar-refractivity contribution >= 4 is 54.2 Å². The van der Waals surface area contributed by atoms with Gasteiger partial charge in [-0.2, -0.15) is 0 Å². The first-order chi connectivity index (χ1) is 16.8. The number of nitrogens with zero attached hydrogens (tertiary/aromatic N) is 1. The Morgan fingerprint density at radius 2 is 1.63 bits per heavy atom. The molecule has 1 N–H and O–H groups in total. The molecule has 0 bridgehead atoms. The number of hydrogen-bond acceptors (Lipinski definition) is 3. The fourth-order valence-corrected chi connectivity index (χ4v) is 5.74. The predicted octanol–water partition coefficient (Wildman–Crippen LogP) is 7.96. The molecule has 0 amide bonds. The monoisotopic (exact) mass is 615 g/mol. The van der Waals surface area contributed by atoms with Crippen molar-refractivity contribution in [3.05, 3.63) is 111 Å². The Morgan fingerprint density at radius 3 is 2.31 bits per heavy atom. The fourth-order valence-electron chi connectivity index (χ4n) is 4.74. The van der Waals surface area contributed by atoms with Crippen molar-refractivity contribution in [1.82, 2.24) is 4.90 Å². The molecule has 0 aromatic heterocycles. The van der Waals surface area contributed by atoms with Gasteiger partial charge in [-0.1, -0.05) is 88.2 Å². The third-order valence-electron chi connectivity index (χ3n) is 6.39. The minimum Gasteiger partial charge on any atom is -0.482 e. The van der Waals surface area contributed by atoms with Crippen molar-refractivity contribution < 1.29 is 9.84 Å². The molecule has 0 radical (unpaired) electrons. The summed E-state index contributed by atoms with van der Waals surface area (Å²) in [5, 5.41) is 15.6. The number of aliphatic hydroxyl groups is 1. The van der Waals surface area contributed by atoms with Crippen LogP contribution in [-0.4, -0.2) is 36.2 Å². The topological polar surface area (TPSA) is 32.7 Å². The maximum atomic E-state index is 12.8. The summed E-state index contributed by atoms with van der Waals surface area (Å²) in [4.78, 5) is 2.10. The lowest BCUT2D eigenvalue weighted by molar-refractivity contribution is 0.00360. The number of rotatable bonds is 9. The van der Waals surface area contributed by atoms with E-state index in [2.05, 4.69) is 55.0 Å². The van der Waals surface area contributed by atoms with Crippen molar-refractivity contribution in [2.75, 3.05) is 26.2 Å². The second kappa shape index (κ2) is 11.4. The first-order valence-electron chi connectivity index (χ1n) is 11.4. The summed E-state index contributed by atoms with van der Waals surface area (Å²) in [6.07, 6.45) is 0.507. The van der Waals surface area contributed by atoms with Gasteiger partial charge in [0.05, 0.1) is 0 Å². The van der Waals surface area contributed by atoms with Crippen LogP contribution < -0.4 is 4.74 Å². The van der Waals surface area contributed by atoms with Gasteiger partial charge >= 0.3 is 0 Å². The quantitative estimate of drug-likeness (QED) is 0.194. The maximum absolute atomic E-state index is 12.8. The van der Waals surface area contributed by atoms with Gasteiger partial charge in [-0.05, 0) is 82.6 Å². The summed E-state index contributed by atoms with van der Waals surface area (Å²) in [5.74, 6) is 0.300. The number of benzene rings is 4. The minimum atomic E-state index is -1.26. The van der Waals surface area contributed by atoms with Gasteiger partial charge in [0.25, 0.3) is 0 Å². The molecule has 4 rings (SSSR count). The smallest absolute Gasteiger partial charge is 0.143 e. The molecule has 0 saturated heterocycles. The van der Waals surface area contributed by atoms with Crippen LogP contribution in [0, 0.1) is 0 Å². The Balaban J connectivity index is 2.09. The molecule has 182 valence electrons. The lowest BCUT2D eigenvalue weighted by Crippen LogP contribution is -2.38. The van der Waals surface area contributed by atoms with Crippen LogP contribution in [0.3, 0.4) is 0 Å². The number of hydrogen-bond donors (Lipinski definition) is 1. The highest BCUT2D eigenvalue weighted by atomic mass is 79.9. The van der Waals surface area contributed by atoms with Gasteiger partial charge in [-0.25, -0.2) is 0 Å². The summed E-state index contributed by atoms with van der Waals surface area (Å²) in [6.45, 7) is 0.696. The SMILES string of the molecule is CN(C)CCC(O)(c1ccccc1Br)C(c1ccc(Cl)cc1)c1c(OCBr)ccc2ccccc12. The highest BCUT2D eigenvalue weighted by Gasteiger charge is 2.43. The minimum absolute atomic E-state index is 0.344. The zero-order valence-electron chi connectivity index (χ0n) is 19.7. The van der Waals surface area contributed by atoms with Gasteiger partial charge < -0.3 is 14.7 Å². The lowest BCUT2D eigenvalue weighted by Gasteiger charge is -2.40. The first-order valence-corrected chi connectivity index (χ1v) is 13.7. The number of ether oxygens (including phenoxy) is 1. The summed E-state index contributed by atoms with van der Waals surface area (Å²) in [5.41, 5.74) is 1.83. The molecule has 3 nitrogen and oxygen atoms in total. The van der Waals surface area contributed by atoms with E-state index in [0.717, 1.165) is 37.7 Å². The predicted molar refractivity (Wildman–Crippen MR) is 153 cm³/mol. The van der Waals surface area contributed by atoms with Crippen molar-refractivity contribution in [2.24, 2.45) is 0 Å². The summed E-state index contributed by atoms with van der Waals surface area (Å²) in [6, 6.07) is 28.0. The fraction of sp³-hybridized carbons (Fsp3) is 0.241. The molecule has 4 aromatic carbocycles. The van der Waals surface area contributed by atoms with Gasteiger partial charge in [-0.15, -0.1) is 0 Å². The lowest BCUT2D eigenvalue weighted by atomic mass is 9.70. The number of alkyl halides is 1. The van der Waals surface area contributed by atoms with Crippen LogP contribution >= 0.6 is 43.5 Å². The Kier molecular flexibility index (Phi) is 8.56. The molecule has 6 heteroatoms. The van der Waals surface area contributed by atoms with E-state index in [1.165, 1.54) is 0 Å². The molecule has 2 atom stereocenters. The molecule has 0 saturated carbocycles. The number of halogens is 3. The Labute approximate surface area is 228 Å². The van der Waals surface area contributed by atoms with E-state index in [1.54, 1.807) is 0 Å². The molecule has 0 aliphatic carbocycles. The van der Waals surface area contributed by atoms with Crippen LogP contribution in [-0.2, 0) is 5.60 Å². The largest absolute Gasteiger partial charge is 0.482 e. The van der Waals surface area contributed by atoms with Crippen molar-refractivity contribution in [1.29, 1.82) is 0 Å². The molecule has 0 heterocycles. The summed E-state index contributed by atoms with van der Waals surface area (Å²) < 4.78 is 6.98. The Morgan fingerprint density at radius 1 is 0.943 bits per heavy atom. The standard InChI is InChI=1S/C29H28Br2ClNO2/c1-33(2)18-17-29(34,24-9-5-6-10-25(24)31)28(21-11-14-22(32)15-12-21)27-23-8-4-3-7-20(23)13-16-26(27)35-19-30/h3-16,28,34H,17-19H2,1-2H3. The molecule has 0 fully saturated rings. The molecule has 4 aromatic rings. The third kappa shape index (κ3) is 5.60. The average Bonchev–Trinajstić information content (AvgIpc) is 2.85. The normalized spacial score (nSPS) is 14.1. The van der Waals surface area contributed by atoms with Gasteiger partial charge in [-0.3, -0.25) is 0 Å². The molecule has 0 aliphatic rings. The van der Waals surface area contributed by atoms with Gasteiger partial charge in [0, 0.05) is 27.5 Å². The average molecular weight is 618 g/mol. The molecular weight excluding hydrogens is 590 g/mol. The van der Waals surface area contributed by atoms with Crippen LogP contribution in [0.5, 0.6) is 5.75 Å². The second-order valence-electron chi connectivity index (χ2n) is 8.89. The molecule has 0 aliphatic heterocycles. The molecule has 2 unspecified atom stereocenters. The first kappa shape index (κ1) is 26.2. The van der Waals surface area contributed by atoms with E-state index in [1.807, 2.05) is 80.8 Å². The van der Waals surface area contributed by atoms with Gasteiger partial charge in [0.15, 0.2) is 0 Å². The zero-order valence-corrected chi connectivity index (χ0v) is 23.6. The highest BCUT2D eigenvalue weighted by molar-refractivity contribution is 9.10. The third-order valence-corrected chi connectivity index (χ3v) is 7.56. The Hall–Kier alpha value is -1.89. The van der Waals surface area contributed by atoms with Crippen LogP contribution in [0.25, 0.3) is 10.8 Å². The molecule has 0 spiro atoms. The van der Waals surface area contributed by atoms with Crippen LogP contribution in [0.2, 0.25) is 5.02 Å². The van der Waals surface area contributed by atoms with Crippen molar-refractivity contribution in [3.8, 4) is 5.75 Å². The van der Waals surface area contributed by atoms with E-state index in [9.17, 15) is 5.11 Å². The van der Waals surface area contributed by atoms with E-state index < -0.39 is 11.5 Å². The summed E-state index contributed by atoms with van der Waals surface area (Å²) >= 11 is 13.5. The van der Waals surface area contributed by atoms with Gasteiger partial charge in [0.2, 0.25) is 0 Å². The maximum Gasteiger partial charge on any atom is 0.143 e. The number of fused-ring (bicyclic) bond motifs is 1.